The first-order chi connectivity index (χ1) is 8.15. The van der Waals surface area contributed by atoms with Crippen LogP contribution >= 0.6 is 11.3 Å². The second-order valence-corrected chi connectivity index (χ2v) is 5.03. The third-order valence-corrected chi connectivity index (χ3v) is 3.71. The lowest BCUT2D eigenvalue weighted by molar-refractivity contribution is -0.389. The zero-order chi connectivity index (χ0) is 12.0. The SMILES string of the molecule is O=[N+]([O-])c1c(NC2(CO)CC2)nc2sccn12. The number of nitro groups is 1. The Morgan fingerprint density at radius 3 is 3.06 bits per heavy atom. The number of hydrogen-bond donors (Lipinski definition) is 2. The van der Waals surface area contributed by atoms with Gasteiger partial charge in [-0.3, -0.25) is 0 Å². The number of aliphatic hydroxyl groups excluding tert-OH is 1. The Kier molecular flexibility index (Phi) is 2.10. The number of nitrogens with zero attached hydrogens (tertiary/aromatic N) is 3. The monoisotopic (exact) mass is 254 g/mol. The van der Waals surface area contributed by atoms with Gasteiger partial charge < -0.3 is 20.5 Å². The maximum absolute atomic E-state index is 11.0. The minimum Gasteiger partial charge on any atom is -0.394 e. The summed E-state index contributed by atoms with van der Waals surface area (Å²) in [6, 6.07) is 0. The highest BCUT2D eigenvalue weighted by Gasteiger charge is 2.44. The van der Waals surface area contributed by atoms with E-state index in [-0.39, 0.29) is 18.2 Å². The average Bonchev–Trinajstić information content (AvgIpc) is 2.75. The van der Waals surface area contributed by atoms with Crippen molar-refractivity contribution in [2.24, 2.45) is 0 Å². The van der Waals surface area contributed by atoms with Crippen LogP contribution in [0, 0.1) is 10.1 Å². The van der Waals surface area contributed by atoms with Crippen LogP contribution < -0.4 is 5.32 Å². The third-order valence-electron chi connectivity index (χ3n) is 2.95. The van der Waals surface area contributed by atoms with Crippen molar-refractivity contribution in [3.63, 3.8) is 0 Å². The first-order valence-corrected chi connectivity index (χ1v) is 6.02. The van der Waals surface area contributed by atoms with Crippen LogP contribution in [-0.2, 0) is 0 Å². The summed E-state index contributed by atoms with van der Waals surface area (Å²) in [5.41, 5.74) is -0.408. The van der Waals surface area contributed by atoms with E-state index in [4.69, 9.17) is 0 Å². The van der Waals surface area contributed by atoms with Crippen LogP contribution in [0.5, 0.6) is 0 Å². The van der Waals surface area contributed by atoms with E-state index in [0.717, 1.165) is 12.8 Å². The van der Waals surface area contributed by atoms with Gasteiger partial charge in [-0.1, -0.05) is 11.3 Å². The van der Waals surface area contributed by atoms with Crippen LogP contribution in [0.15, 0.2) is 11.6 Å². The second-order valence-electron chi connectivity index (χ2n) is 4.16. The molecule has 1 aliphatic carbocycles. The fraction of sp³-hybridized carbons (Fsp3) is 0.444. The summed E-state index contributed by atoms with van der Waals surface area (Å²) in [6.07, 6.45) is 3.24. The van der Waals surface area contributed by atoms with E-state index in [0.29, 0.717) is 4.96 Å². The first-order valence-electron chi connectivity index (χ1n) is 5.14. The molecule has 0 bridgehead atoms. The van der Waals surface area contributed by atoms with E-state index < -0.39 is 10.5 Å². The molecule has 8 heteroatoms. The number of aliphatic hydroxyl groups is 1. The standard InChI is InChI=1S/C9H10N4O3S/c14-5-9(1-2-9)11-6-7(13(15)16)12-3-4-17-8(12)10-6/h3-4,11,14H,1-2,5H2. The maximum atomic E-state index is 11.0. The summed E-state index contributed by atoms with van der Waals surface area (Å²) in [5, 5.41) is 25.0. The number of hydrogen-bond acceptors (Lipinski definition) is 6. The molecule has 0 atom stereocenters. The summed E-state index contributed by atoms with van der Waals surface area (Å²) in [4.78, 5) is 15.3. The van der Waals surface area contributed by atoms with Crippen molar-refractivity contribution in [1.29, 1.82) is 0 Å². The molecule has 0 radical (unpaired) electrons. The molecule has 7 nitrogen and oxygen atoms in total. The van der Waals surface area contributed by atoms with Gasteiger partial charge >= 0.3 is 5.82 Å². The molecule has 0 aliphatic heterocycles. The Balaban J connectivity index is 2.06. The fourth-order valence-electron chi connectivity index (χ4n) is 1.76. The van der Waals surface area contributed by atoms with Crippen molar-refractivity contribution < 1.29 is 10.0 Å². The van der Waals surface area contributed by atoms with Crippen LogP contribution in [0.4, 0.5) is 11.6 Å². The Bertz CT molecular complexity index is 586. The molecule has 0 amide bonds. The molecule has 0 spiro atoms. The quantitative estimate of drug-likeness (QED) is 0.632. The molecular weight excluding hydrogens is 244 g/mol. The van der Waals surface area contributed by atoms with E-state index in [1.165, 1.54) is 15.7 Å². The van der Waals surface area contributed by atoms with Gasteiger partial charge in [0.2, 0.25) is 5.82 Å². The Morgan fingerprint density at radius 2 is 2.47 bits per heavy atom. The lowest BCUT2D eigenvalue weighted by Gasteiger charge is -2.12. The molecule has 1 fully saturated rings. The fourth-order valence-corrected chi connectivity index (χ4v) is 2.47. The Morgan fingerprint density at radius 1 is 1.71 bits per heavy atom. The molecule has 2 heterocycles. The second kappa shape index (κ2) is 3.41. The number of nitrogens with one attached hydrogen (secondary N) is 1. The number of aromatic nitrogens is 2. The van der Waals surface area contributed by atoms with Crippen molar-refractivity contribution in [2.75, 3.05) is 11.9 Å². The Hall–Kier alpha value is -1.67. The zero-order valence-electron chi connectivity index (χ0n) is 8.79. The van der Waals surface area contributed by atoms with Crippen molar-refractivity contribution in [3.8, 4) is 0 Å². The molecule has 90 valence electrons. The van der Waals surface area contributed by atoms with Gasteiger partial charge in [0.15, 0.2) is 0 Å². The predicted octanol–water partition coefficient (Wildman–Crippen LogP) is 1.24. The van der Waals surface area contributed by atoms with Crippen LogP contribution in [0.1, 0.15) is 12.8 Å². The van der Waals surface area contributed by atoms with Crippen LogP contribution in [0.2, 0.25) is 0 Å². The molecular formula is C9H10N4O3S. The van der Waals surface area contributed by atoms with Crippen molar-refractivity contribution in [2.45, 2.75) is 18.4 Å². The zero-order valence-corrected chi connectivity index (χ0v) is 9.61. The predicted molar refractivity (Wildman–Crippen MR) is 62.4 cm³/mol. The van der Waals surface area contributed by atoms with Gasteiger partial charge in [-0.25, -0.2) is 0 Å². The lowest BCUT2D eigenvalue weighted by atomic mass is 10.3. The van der Waals surface area contributed by atoms with Crippen LogP contribution in [0.3, 0.4) is 0 Å². The van der Waals surface area contributed by atoms with Crippen LogP contribution in [0.25, 0.3) is 4.96 Å². The largest absolute Gasteiger partial charge is 0.394 e. The normalized spacial score (nSPS) is 17.2. The highest BCUT2D eigenvalue weighted by Crippen LogP contribution is 2.40. The topological polar surface area (TPSA) is 92.7 Å². The van der Waals surface area contributed by atoms with Gasteiger partial charge in [-0.05, 0) is 17.8 Å². The van der Waals surface area contributed by atoms with Gasteiger partial charge in [0.1, 0.15) is 6.20 Å². The molecule has 0 saturated heterocycles. The van der Waals surface area contributed by atoms with E-state index in [2.05, 4.69) is 10.3 Å². The molecule has 17 heavy (non-hydrogen) atoms. The summed E-state index contributed by atoms with van der Waals surface area (Å²) in [7, 11) is 0. The molecule has 2 aromatic heterocycles. The van der Waals surface area contributed by atoms with Crippen molar-refractivity contribution in [3.05, 3.63) is 21.7 Å². The summed E-state index contributed by atoms with van der Waals surface area (Å²) < 4.78 is 1.44. The maximum Gasteiger partial charge on any atom is 0.372 e. The van der Waals surface area contributed by atoms with Gasteiger partial charge in [0.25, 0.3) is 4.96 Å². The number of rotatable bonds is 4. The molecule has 0 aromatic carbocycles. The van der Waals surface area contributed by atoms with Gasteiger partial charge in [-0.15, -0.1) is 0 Å². The summed E-state index contributed by atoms with van der Waals surface area (Å²) >= 11 is 1.34. The highest BCUT2D eigenvalue weighted by atomic mass is 32.1. The lowest BCUT2D eigenvalue weighted by Crippen LogP contribution is -2.26. The van der Waals surface area contributed by atoms with E-state index in [1.54, 1.807) is 11.6 Å². The van der Waals surface area contributed by atoms with Crippen LogP contribution in [-0.4, -0.2) is 31.6 Å². The van der Waals surface area contributed by atoms with Crippen molar-refractivity contribution >= 4 is 27.9 Å². The van der Waals surface area contributed by atoms with E-state index >= 15 is 0 Å². The molecule has 3 rings (SSSR count). The number of imidazole rings is 1. The minimum absolute atomic E-state index is 0.0324. The highest BCUT2D eigenvalue weighted by molar-refractivity contribution is 7.15. The van der Waals surface area contributed by atoms with E-state index in [1.807, 2.05) is 0 Å². The third kappa shape index (κ3) is 1.56. The molecule has 1 aliphatic rings. The molecule has 2 N–H and O–H groups in total. The number of fused-ring (bicyclic) bond motifs is 1. The minimum atomic E-state index is -0.456. The average molecular weight is 254 g/mol. The smallest absolute Gasteiger partial charge is 0.372 e. The number of thiazole rings is 1. The van der Waals surface area contributed by atoms with Gasteiger partial charge in [0.05, 0.1) is 12.1 Å². The molecule has 0 unspecified atom stereocenters. The van der Waals surface area contributed by atoms with Gasteiger partial charge in [0, 0.05) is 5.38 Å². The summed E-state index contributed by atoms with van der Waals surface area (Å²) in [6.45, 7) is -0.0324. The van der Waals surface area contributed by atoms with Crippen molar-refractivity contribution in [1.82, 2.24) is 9.38 Å². The van der Waals surface area contributed by atoms with E-state index in [9.17, 15) is 15.2 Å². The Labute approximate surface area is 99.9 Å². The summed E-state index contributed by atoms with van der Waals surface area (Å²) in [5.74, 6) is 0.175. The molecule has 2 aromatic rings. The first kappa shape index (κ1) is 10.5. The molecule has 1 saturated carbocycles. The van der Waals surface area contributed by atoms with Gasteiger partial charge in [-0.2, -0.15) is 9.38 Å². The number of anilines is 1.